The van der Waals surface area contributed by atoms with E-state index < -0.39 is 0 Å². The quantitative estimate of drug-likeness (QED) is 0.719. The maximum atomic E-state index is 3.52. The van der Waals surface area contributed by atoms with Crippen molar-refractivity contribution in [3.63, 3.8) is 0 Å². The molecule has 0 radical (unpaired) electrons. The van der Waals surface area contributed by atoms with Crippen LogP contribution in [0.15, 0.2) is 46.5 Å². The van der Waals surface area contributed by atoms with E-state index in [-0.39, 0.29) is 0 Å². The summed E-state index contributed by atoms with van der Waals surface area (Å²) in [4.78, 5) is 2.57. The molecule has 1 aliphatic heterocycles. The molecule has 1 unspecified atom stereocenters. The molecule has 1 nitrogen and oxygen atoms in total. The number of nitrogens with zero attached hydrogens (tertiary/aromatic N) is 1. The van der Waals surface area contributed by atoms with E-state index in [0.717, 1.165) is 16.8 Å². The fourth-order valence-electron chi connectivity index (χ4n) is 2.69. The van der Waals surface area contributed by atoms with Crippen LogP contribution >= 0.6 is 15.9 Å². The lowest BCUT2D eigenvalue weighted by Gasteiger charge is -2.16. The third-order valence-electron chi connectivity index (χ3n) is 3.98. The molecular formula is C17H24BrN. The molecule has 0 N–H and O–H groups in total. The third-order valence-corrected chi connectivity index (χ3v) is 4.51. The van der Waals surface area contributed by atoms with Crippen LogP contribution < -0.4 is 0 Å². The Hall–Kier alpha value is -0.600. The van der Waals surface area contributed by atoms with Crippen LogP contribution in [0.2, 0.25) is 0 Å². The van der Waals surface area contributed by atoms with Gasteiger partial charge >= 0.3 is 0 Å². The molecule has 0 aromatic rings. The smallest absolute Gasteiger partial charge is 0.0172 e. The highest BCUT2D eigenvalue weighted by Crippen LogP contribution is 2.21. The van der Waals surface area contributed by atoms with Gasteiger partial charge in [-0.3, -0.25) is 0 Å². The van der Waals surface area contributed by atoms with Gasteiger partial charge in [0.25, 0.3) is 0 Å². The van der Waals surface area contributed by atoms with Crippen LogP contribution in [0.5, 0.6) is 0 Å². The molecule has 0 aromatic carbocycles. The van der Waals surface area contributed by atoms with Crippen LogP contribution in [0.3, 0.4) is 0 Å². The van der Waals surface area contributed by atoms with Gasteiger partial charge in [0, 0.05) is 4.48 Å². The van der Waals surface area contributed by atoms with E-state index >= 15 is 0 Å². The van der Waals surface area contributed by atoms with Gasteiger partial charge in [-0.1, -0.05) is 53.2 Å². The maximum absolute atomic E-state index is 3.52. The highest BCUT2D eigenvalue weighted by molar-refractivity contribution is 9.11. The van der Waals surface area contributed by atoms with Crippen molar-refractivity contribution in [1.82, 2.24) is 4.90 Å². The van der Waals surface area contributed by atoms with Gasteiger partial charge in [0.15, 0.2) is 0 Å². The van der Waals surface area contributed by atoms with Crippen LogP contribution in [-0.4, -0.2) is 24.5 Å². The van der Waals surface area contributed by atoms with Crippen molar-refractivity contribution in [2.45, 2.75) is 32.6 Å². The summed E-state index contributed by atoms with van der Waals surface area (Å²) in [5.74, 6) is 0.761. The summed E-state index contributed by atoms with van der Waals surface area (Å²) in [5, 5.41) is 0. The van der Waals surface area contributed by atoms with Crippen LogP contribution in [0.4, 0.5) is 0 Å². The summed E-state index contributed by atoms with van der Waals surface area (Å²) in [7, 11) is 0. The number of halogens is 1. The minimum atomic E-state index is 0.761. The second kappa shape index (κ2) is 7.86. The molecule has 1 saturated heterocycles. The van der Waals surface area contributed by atoms with E-state index in [1.165, 1.54) is 44.5 Å². The molecule has 0 amide bonds. The van der Waals surface area contributed by atoms with E-state index in [1.54, 1.807) is 0 Å². The summed E-state index contributed by atoms with van der Waals surface area (Å²) >= 11 is 3.52. The van der Waals surface area contributed by atoms with Gasteiger partial charge < -0.3 is 4.90 Å². The summed E-state index contributed by atoms with van der Waals surface area (Å²) in [5.41, 5.74) is 1.40. The van der Waals surface area contributed by atoms with Gasteiger partial charge in [0.1, 0.15) is 0 Å². The summed E-state index contributed by atoms with van der Waals surface area (Å²) < 4.78 is 1.16. The lowest BCUT2D eigenvalue weighted by Crippen LogP contribution is -2.24. The van der Waals surface area contributed by atoms with Gasteiger partial charge in [-0.05, 0) is 62.9 Å². The van der Waals surface area contributed by atoms with E-state index in [1.807, 2.05) is 0 Å². The number of rotatable bonds is 3. The first-order valence-electron chi connectivity index (χ1n) is 7.41. The predicted molar refractivity (Wildman–Crippen MR) is 87.4 cm³/mol. The third kappa shape index (κ3) is 5.12. The Morgan fingerprint density at radius 3 is 3.05 bits per heavy atom. The zero-order valence-electron chi connectivity index (χ0n) is 11.8. The van der Waals surface area contributed by atoms with Crippen molar-refractivity contribution in [2.24, 2.45) is 5.92 Å². The summed E-state index contributed by atoms with van der Waals surface area (Å²) in [6.45, 7) is 6.01. The molecule has 0 spiro atoms. The standard InChI is InChI=1S/C17H24BrN/c1-2-19-13-4-6-16(12-14-19)9-8-15-5-3-7-17(18)11-10-15/h3,7-11,16H,2,4-6,12-14H2,1H3. The van der Waals surface area contributed by atoms with Gasteiger partial charge in [-0.15, -0.1) is 0 Å². The highest BCUT2D eigenvalue weighted by Gasteiger charge is 2.13. The fraction of sp³-hybridized carbons (Fsp3) is 0.529. The lowest BCUT2D eigenvalue weighted by atomic mass is 9.98. The number of likely N-dealkylation sites (tertiary alicyclic amines) is 1. The summed E-state index contributed by atoms with van der Waals surface area (Å²) in [6.07, 6.45) is 18.5. The average Bonchev–Trinajstić information content (AvgIpc) is 2.77. The molecule has 2 aliphatic rings. The Morgan fingerprint density at radius 2 is 2.21 bits per heavy atom. The van der Waals surface area contributed by atoms with Crippen LogP contribution in [0.1, 0.15) is 32.6 Å². The lowest BCUT2D eigenvalue weighted by molar-refractivity contribution is 0.298. The molecule has 0 aromatic heterocycles. The zero-order valence-corrected chi connectivity index (χ0v) is 13.4. The van der Waals surface area contributed by atoms with Crippen molar-refractivity contribution >= 4 is 15.9 Å². The Bertz CT molecular complexity index is 403. The Kier molecular flexibility index (Phi) is 6.12. The Morgan fingerprint density at radius 1 is 1.32 bits per heavy atom. The topological polar surface area (TPSA) is 3.24 Å². The molecule has 2 heteroatoms. The van der Waals surface area contributed by atoms with Crippen molar-refractivity contribution in [3.05, 3.63) is 46.5 Å². The van der Waals surface area contributed by atoms with E-state index in [4.69, 9.17) is 0 Å². The molecule has 1 aliphatic carbocycles. The molecule has 1 fully saturated rings. The monoisotopic (exact) mass is 321 g/mol. The SMILES string of the molecule is CCN1CCCC(C=CC2=CC=C(Br)C=CC2)CC1. The van der Waals surface area contributed by atoms with Crippen molar-refractivity contribution in [3.8, 4) is 0 Å². The minimum absolute atomic E-state index is 0.761. The molecule has 1 atom stereocenters. The first-order valence-corrected chi connectivity index (χ1v) is 8.20. The van der Waals surface area contributed by atoms with Crippen LogP contribution in [0.25, 0.3) is 0 Å². The maximum Gasteiger partial charge on any atom is 0.0172 e. The average molecular weight is 322 g/mol. The molecule has 104 valence electrons. The van der Waals surface area contributed by atoms with E-state index in [2.05, 4.69) is 64.2 Å². The largest absolute Gasteiger partial charge is 0.304 e. The van der Waals surface area contributed by atoms with Gasteiger partial charge in [-0.25, -0.2) is 0 Å². The normalized spacial score (nSPS) is 25.9. The Balaban J connectivity index is 1.90. The molecule has 0 saturated carbocycles. The molecular weight excluding hydrogens is 298 g/mol. The van der Waals surface area contributed by atoms with Gasteiger partial charge in [0.2, 0.25) is 0 Å². The number of hydrogen-bond acceptors (Lipinski definition) is 1. The van der Waals surface area contributed by atoms with E-state index in [0.29, 0.717) is 0 Å². The second-order valence-corrected chi connectivity index (χ2v) is 6.30. The highest BCUT2D eigenvalue weighted by atomic mass is 79.9. The van der Waals surface area contributed by atoms with Gasteiger partial charge in [-0.2, -0.15) is 0 Å². The molecule has 19 heavy (non-hydrogen) atoms. The second-order valence-electron chi connectivity index (χ2n) is 5.38. The Labute approximate surface area is 125 Å². The first-order chi connectivity index (χ1) is 9.28. The van der Waals surface area contributed by atoms with Crippen LogP contribution in [-0.2, 0) is 0 Å². The van der Waals surface area contributed by atoms with Crippen molar-refractivity contribution in [1.29, 1.82) is 0 Å². The predicted octanol–water partition coefficient (Wildman–Crippen LogP) is 4.83. The molecule has 0 bridgehead atoms. The first kappa shape index (κ1) is 14.8. The minimum Gasteiger partial charge on any atom is -0.304 e. The molecule has 2 rings (SSSR count). The van der Waals surface area contributed by atoms with Crippen molar-refractivity contribution < 1.29 is 0 Å². The van der Waals surface area contributed by atoms with Gasteiger partial charge in [0.05, 0.1) is 0 Å². The van der Waals surface area contributed by atoms with Crippen molar-refractivity contribution in [2.75, 3.05) is 19.6 Å². The molecule has 1 heterocycles. The number of hydrogen-bond donors (Lipinski definition) is 0. The van der Waals surface area contributed by atoms with E-state index in [9.17, 15) is 0 Å². The van der Waals surface area contributed by atoms with Crippen LogP contribution in [0, 0.1) is 5.92 Å². The number of allylic oxidation sites excluding steroid dienone is 8. The fourth-order valence-corrected chi connectivity index (χ4v) is 3.01. The summed E-state index contributed by atoms with van der Waals surface area (Å²) in [6, 6.07) is 0. The zero-order chi connectivity index (χ0) is 13.5.